The molecule has 0 bridgehead atoms. The lowest BCUT2D eigenvalue weighted by Gasteiger charge is -2.34. The predicted octanol–water partition coefficient (Wildman–Crippen LogP) is 4.84. The maximum atomic E-state index is 12.9. The first-order chi connectivity index (χ1) is 14.4. The molecule has 8 heteroatoms. The van der Waals surface area contributed by atoms with Crippen molar-refractivity contribution in [3.8, 4) is 10.4 Å². The Balaban J connectivity index is 1.62. The summed E-state index contributed by atoms with van der Waals surface area (Å²) in [5.74, 6) is -0.377. The van der Waals surface area contributed by atoms with Crippen LogP contribution in [-0.4, -0.2) is 30.2 Å². The van der Waals surface area contributed by atoms with Gasteiger partial charge in [-0.15, -0.1) is 11.3 Å². The lowest BCUT2D eigenvalue weighted by Crippen LogP contribution is -2.41. The number of hydrogen-bond donors (Lipinski definition) is 1. The number of sulfone groups is 1. The average Bonchev–Trinajstić information content (AvgIpc) is 3.40. The molecule has 0 radical (unpaired) electrons. The van der Waals surface area contributed by atoms with Crippen LogP contribution < -0.4 is 0 Å². The Labute approximate surface area is 178 Å². The van der Waals surface area contributed by atoms with E-state index in [-0.39, 0.29) is 12.2 Å². The molecule has 1 N–H and O–H groups in total. The van der Waals surface area contributed by atoms with Crippen molar-refractivity contribution in [1.82, 2.24) is 4.98 Å². The fraction of sp³-hybridized carbons (Fsp3) is 0.273. The summed E-state index contributed by atoms with van der Waals surface area (Å²) >= 11 is 1.37. The van der Waals surface area contributed by atoms with E-state index in [9.17, 15) is 18.3 Å². The van der Waals surface area contributed by atoms with E-state index >= 15 is 0 Å². The number of nitrogens with zero attached hydrogens (tertiary/aromatic N) is 1. The van der Waals surface area contributed by atoms with Crippen LogP contribution in [0.2, 0.25) is 0 Å². The molecule has 30 heavy (non-hydrogen) atoms. The molecule has 0 unspecified atom stereocenters. The van der Waals surface area contributed by atoms with Gasteiger partial charge in [0, 0.05) is 9.75 Å². The van der Waals surface area contributed by atoms with E-state index in [1.807, 2.05) is 42.5 Å². The first-order valence-electron chi connectivity index (χ1n) is 9.61. The van der Waals surface area contributed by atoms with Crippen molar-refractivity contribution in [2.75, 3.05) is 5.75 Å². The van der Waals surface area contributed by atoms with Gasteiger partial charge in [0.05, 0.1) is 18.4 Å². The van der Waals surface area contributed by atoms with Crippen LogP contribution in [0, 0.1) is 0 Å². The number of thiophene rings is 1. The Kier molecular flexibility index (Phi) is 5.62. The van der Waals surface area contributed by atoms with Crippen molar-refractivity contribution >= 4 is 39.3 Å². The van der Waals surface area contributed by atoms with Crippen LogP contribution in [0.4, 0.5) is 0 Å². The zero-order chi connectivity index (χ0) is 21.2. The molecule has 3 heterocycles. The lowest BCUT2D eigenvalue weighted by atomic mass is 9.95. The molecule has 1 aliphatic heterocycles. The fourth-order valence-electron chi connectivity index (χ4n) is 3.84. The highest BCUT2D eigenvalue weighted by molar-refractivity contribution is 7.92. The molecule has 1 aliphatic rings. The number of carbonyl (C=O) groups is 1. The second-order valence-electron chi connectivity index (χ2n) is 7.36. The molecule has 0 spiro atoms. The molecule has 2 aromatic heterocycles. The Morgan fingerprint density at radius 3 is 2.63 bits per heavy atom. The van der Waals surface area contributed by atoms with Gasteiger partial charge in [0.2, 0.25) is 0 Å². The standard InChI is InChI=1S/C22H21NO5S2/c24-21(25)13-22(11-1-2-12-30(22,26)27)20-10-9-19(29-20)17-6-3-16(4-7-17)5-8-18-14-23-15-28-18/h3-10,14-15H,1-2,11-13H2,(H,24,25)/b8-5+/t22-/m0/s1. The van der Waals surface area contributed by atoms with Crippen molar-refractivity contribution in [3.05, 3.63) is 65.2 Å². The summed E-state index contributed by atoms with van der Waals surface area (Å²) in [5, 5.41) is 9.42. The smallest absolute Gasteiger partial charge is 0.305 e. The van der Waals surface area contributed by atoms with Gasteiger partial charge < -0.3 is 9.52 Å². The average molecular weight is 444 g/mol. The molecule has 0 aliphatic carbocycles. The van der Waals surface area contributed by atoms with E-state index in [0.717, 1.165) is 16.0 Å². The molecule has 1 saturated heterocycles. The first kappa shape index (κ1) is 20.6. The van der Waals surface area contributed by atoms with E-state index in [1.165, 1.54) is 17.7 Å². The van der Waals surface area contributed by atoms with Crippen LogP contribution in [0.1, 0.15) is 41.9 Å². The summed E-state index contributed by atoms with van der Waals surface area (Å²) in [7, 11) is -3.53. The number of aromatic nitrogens is 1. The summed E-state index contributed by atoms with van der Waals surface area (Å²) in [6, 6.07) is 11.5. The van der Waals surface area contributed by atoms with Crippen LogP contribution in [-0.2, 0) is 19.4 Å². The van der Waals surface area contributed by atoms with Gasteiger partial charge in [0.15, 0.2) is 16.2 Å². The first-order valence-corrected chi connectivity index (χ1v) is 12.1. The maximum absolute atomic E-state index is 12.9. The Bertz CT molecular complexity index is 1160. The molecule has 156 valence electrons. The summed E-state index contributed by atoms with van der Waals surface area (Å²) in [4.78, 5) is 16.9. The van der Waals surface area contributed by atoms with Crippen molar-refractivity contribution in [1.29, 1.82) is 0 Å². The second kappa shape index (κ2) is 8.20. The summed E-state index contributed by atoms with van der Waals surface area (Å²) in [5.41, 5.74) is 1.95. The number of aliphatic carboxylic acids is 1. The Morgan fingerprint density at radius 2 is 1.97 bits per heavy atom. The topological polar surface area (TPSA) is 97.5 Å². The second-order valence-corrected chi connectivity index (χ2v) is 10.9. The third-order valence-electron chi connectivity index (χ3n) is 5.42. The molecule has 4 rings (SSSR count). The van der Waals surface area contributed by atoms with Crippen LogP contribution >= 0.6 is 11.3 Å². The van der Waals surface area contributed by atoms with E-state index in [1.54, 1.807) is 12.3 Å². The fourth-order valence-corrected chi connectivity index (χ4v) is 7.62. The van der Waals surface area contributed by atoms with Gasteiger partial charge in [-0.1, -0.05) is 36.8 Å². The minimum absolute atomic E-state index is 0.0414. The Hall–Kier alpha value is -2.71. The van der Waals surface area contributed by atoms with Crippen LogP contribution in [0.25, 0.3) is 22.6 Å². The van der Waals surface area contributed by atoms with Crippen LogP contribution in [0.15, 0.2) is 53.4 Å². The normalized spacial score (nSPS) is 21.1. The van der Waals surface area contributed by atoms with E-state index in [2.05, 4.69) is 4.98 Å². The molecular formula is C22H21NO5S2. The number of benzene rings is 1. The van der Waals surface area contributed by atoms with Crippen LogP contribution in [0.3, 0.4) is 0 Å². The molecule has 3 aromatic rings. The monoisotopic (exact) mass is 443 g/mol. The maximum Gasteiger partial charge on any atom is 0.305 e. The largest absolute Gasteiger partial charge is 0.481 e. The summed E-state index contributed by atoms with van der Waals surface area (Å²) in [6.45, 7) is 0. The summed E-state index contributed by atoms with van der Waals surface area (Å²) in [6.07, 6.45) is 8.02. The van der Waals surface area contributed by atoms with E-state index in [4.69, 9.17) is 4.42 Å². The number of carboxylic acids is 1. The number of rotatable bonds is 6. The third-order valence-corrected chi connectivity index (χ3v) is 9.47. The number of carboxylic acid groups (broad SMARTS) is 1. The quantitative estimate of drug-likeness (QED) is 0.585. The van der Waals surface area contributed by atoms with Crippen LogP contribution in [0.5, 0.6) is 0 Å². The molecule has 1 atom stereocenters. The van der Waals surface area contributed by atoms with Gasteiger partial charge >= 0.3 is 5.97 Å². The van der Waals surface area contributed by atoms with E-state index < -0.39 is 20.6 Å². The van der Waals surface area contributed by atoms with Gasteiger partial charge in [0.25, 0.3) is 0 Å². The molecule has 6 nitrogen and oxygen atoms in total. The minimum atomic E-state index is -3.53. The molecule has 0 amide bonds. The molecular weight excluding hydrogens is 422 g/mol. The molecule has 1 aromatic carbocycles. The van der Waals surface area contributed by atoms with Crippen molar-refractivity contribution in [2.45, 2.75) is 30.4 Å². The lowest BCUT2D eigenvalue weighted by molar-refractivity contribution is -0.137. The van der Waals surface area contributed by atoms with Gasteiger partial charge in [-0.05, 0) is 42.2 Å². The summed E-state index contributed by atoms with van der Waals surface area (Å²) < 4.78 is 29.7. The zero-order valence-electron chi connectivity index (χ0n) is 16.2. The Morgan fingerprint density at radius 1 is 1.17 bits per heavy atom. The van der Waals surface area contributed by atoms with Gasteiger partial charge in [-0.25, -0.2) is 13.4 Å². The highest BCUT2D eigenvalue weighted by atomic mass is 32.2. The van der Waals surface area contributed by atoms with Crippen molar-refractivity contribution in [3.63, 3.8) is 0 Å². The number of oxazole rings is 1. The van der Waals surface area contributed by atoms with Gasteiger partial charge in [0.1, 0.15) is 10.5 Å². The third kappa shape index (κ3) is 3.97. The predicted molar refractivity (Wildman–Crippen MR) is 117 cm³/mol. The zero-order valence-corrected chi connectivity index (χ0v) is 17.8. The van der Waals surface area contributed by atoms with Crippen molar-refractivity contribution < 1.29 is 22.7 Å². The molecule has 1 fully saturated rings. The highest BCUT2D eigenvalue weighted by Crippen LogP contribution is 2.47. The molecule has 0 saturated carbocycles. The highest BCUT2D eigenvalue weighted by Gasteiger charge is 2.49. The van der Waals surface area contributed by atoms with Gasteiger partial charge in [-0.3, -0.25) is 4.79 Å². The van der Waals surface area contributed by atoms with E-state index in [0.29, 0.717) is 29.9 Å². The SMILES string of the molecule is O=C(O)C[C@]1(c2ccc(-c3ccc(/C=C/c4cnco4)cc3)s2)CCCCS1(=O)=O. The minimum Gasteiger partial charge on any atom is -0.481 e. The van der Waals surface area contributed by atoms with Crippen molar-refractivity contribution in [2.24, 2.45) is 0 Å². The number of hydrogen-bond acceptors (Lipinski definition) is 6. The van der Waals surface area contributed by atoms with Gasteiger partial charge in [-0.2, -0.15) is 0 Å².